The maximum Gasteiger partial charge on any atom is 0.0657 e. The minimum atomic E-state index is -0.214. The topological polar surface area (TPSA) is 48.9 Å². The molecule has 1 aromatic rings. The van der Waals surface area contributed by atoms with E-state index in [4.69, 9.17) is 5.11 Å². The van der Waals surface area contributed by atoms with Gasteiger partial charge in [0.05, 0.1) is 11.8 Å². The molecule has 0 fully saturated rings. The van der Waals surface area contributed by atoms with Gasteiger partial charge in [0.1, 0.15) is 0 Å². The van der Waals surface area contributed by atoms with Gasteiger partial charge in [-0.05, 0) is 44.6 Å². The number of aromatic nitrogens is 2. The van der Waals surface area contributed by atoms with Crippen LogP contribution in [0.15, 0.2) is 0 Å². The van der Waals surface area contributed by atoms with Crippen LogP contribution in [0, 0.1) is 0 Å². The van der Waals surface area contributed by atoms with Crippen LogP contribution in [0.2, 0.25) is 0 Å². The van der Waals surface area contributed by atoms with Gasteiger partial charge in [-0.15, -0.1) is 0 Å². The molecule has 0 bridgehead atoms. The van der Waals surface area contributed by atoms with E-state index in [1.807, 2.05) is 6.92 Å². The second-order valence-electron chi connectivity index (χ2n) is 3.87. The Hall–Kier alpha value is -0.830. The van der Waals surface area contributed by atoms with Gasteiger partial charge in [-0.25, -0.2) is 0 Å². The molecule has 0 amide bonds. The molecular formula is C10H16N2O. The molecule has 0 radical (unpaired) electrons. The largest absolute Gasteiger partial charge is 0.393 e. The normalized spacial score (nSPS) is 17.4. The monoisotopic (exact) mass is 180 g/mol. The number of rotatable bonds is 3. The molecule has 0 aromatic carbocycles. The number of aryl methyl sites for hydroxylation is 2. The van der Waals surface area contributed by atoms with Crippen LogP contribution in [0.5, 0.6) is 0 Å². The third kappa shape index (κ3) is 1.75. The highest BCUT2D eigenvalue weighted by atomic mass is 16.3. The summed E-state index contributed by atoms with van der Waals surface area (Å²) >= 11 is 0. The van der Waals surface area contributed by atoms with Crippen molar-refractivity contribution in [2.75, 3.05) is 0 Å². The third-order valence-corrected chi connectivity index (χ3v) is 2.69. The summed E-state index contributed by atoms with van der Waals surface area (Å²) < 4.78 is 0. The molecular weight excluding hydrogens is 164 g/mol. The van der Waals surface area contributed by atoms with Crippen LogP contribution >= 0.6 is 0 Å². The van der Waals surface area contributed by atoms with Gasteiger partial charge < -0.3 is 5.11 Å². The van der Waals surface area contributed by atoms with Crippen molar-refractivity contribution in [3.05, 3.63) is 17.0 Å². The van der Waals surface area contributed by atoms with Crippen LogP contribution in [0.25, 0.3) is 0 Å². The number of hydrogen-bond donors (Lipinski definition) is 2. The summed E-state index contributed by atoms with van der Waals surface area (Å²) in [6.07, 6.45) is 5.08. The van der Waals surface area contributed by atoms with Gasteiger partial charge in [0.25, 0.3) is 0 Å². The van der Waals surface area contributed by atoms with E-state index in [2.05, 4.69) is 10.2 Å². The first-order chi connectivity index (χ1) is 6.27. The highest BCUT2D eigenvalue weighted by Gasteiger charge is 2.17. The summed E-state index contributed by atoms with van der Waals surface area (Å²) in [7, 11) is 0. The van der Waals surface area contributed by atoms with E-state index in [-0.39, 0.29) is 6.10 Å². The van der Waals surface area contributed by atoms with E-state index in [9.17, 15) is 0 Å². The lowest BCUT2D eigenvalue weighted by Crippen LogP contribution is -2.02. The van der Waals surface area contributed by atoms with Crippen molar-refractivity contribution in [3.63, 3.8) is 0 Å². The molecule has 0 unspecified atom stereocenters. The molecule has 0 saturated heterocycles. The Balaban J connectivity index is 2.04. The quantitative estimate of drug-likeness (QED) is 0.734. The fraction of sp³-hybridized carbons (Fsp3) is 0.700. The molecule has 1 aliphatic rings. The highest BCUT2D eigenvalue weighted by molar-refractivity contribution is 5.29. The molecule has 1 aromatic heterocycles. The average Bonchev–Trinajstić information content (AvgIpc) is 2.60. The van der Waals surface area contributed by atoms with Crippen LogP contribution in [-0.4, -0.2) is 21.4 Å². The Labute approximate surface area is 78.2 Å². The lowest BCUT2D eigenvalue weighted by Gasteiger charge is -2.02. The van der Waals surface area contributed by atoms with Crippen LogP contribution in [-0.2, 0) is 19.3 Å². The SMILES string of the molecule is C[C@H](O)CCc1n[nH]c2c1CCC2. The summed E-state index contributed by atoms with van der Waals surface area (Å²) in [4.78, 5) is 0. The molecule has 2 N–H and O–H groups in total. The molecule has 13 heavy (non-hydrogen) atoms. The van der Waals surface area contributed by atoms with Gasteiger partial charge >= 0.3 is 0 Å². The molecule has 0 aliphatic heterocycles. The second kappa shape index (κ2) is 3.50. The summed E-state index contributed by atoms with van der Waals surface area (Å²) in [5.41, 5.74) is 3.91. The maximum atomic E-state index is 9.16. The van der Waals surface area contributed by atoms with Crippen molar-refractivity contribution >= 4 is 0 Å². The smallest absolute Gasteiger partial charge is 0.0657 e. The van der Waals surface area contributed by atoms with Crippen molar-refractivity contribution < 1.29 is 5.11 Å². The zero-order valence-corrected chi connectivity index (χ0v) is 8.01. The number of aliphatic hydroxyl groups excluding tert-OH is 1. The number of aromatic amines is 1. The molecule has 72 valence electrons. The van der Waals surface area contributed by atoms with Crippen molar-refractivity contribution in [2.45, 2.75) is 45.1 Å². The maximum absolute atomic E-state index is 9.16. The van der Waals surface area contributed by atoms with Gasteiger partial charge in [0.15, 0.2) is 0 Å². The Morgan fingerprint density at radius 2 is 2.38 bits per heavy atom. The lowest BCUT2D eigenvalue weighted by molar-refractivity contribution is 0.184. The zero-order chi connectivity index (χ0) is 9.26. The molecule has 0 saturated carbocycles. The second-order valence-corrected chi connectivity index (χ2v) is 3.87. The molecule has 1 heterocycles. The Morgan fingerprint density at radius 1 is 1.54 bits per heavy atom. The van der Waals surface area contributed by atoms with E-state index in [1.54, 1.807) is 0 Å². The summed E-state index contributed by atoms with van der Waals surface area (Å²) in [6.45, 7) is 1.83. The first kappa shape index (κ1) is 8.75. The van der Waals surface area contributed by atoms with Crippen LogP contribution in [0.3, 0.4) is 0 Å². The zero-order valence-electron chi connectivity index (χ0n) is 8.01. The number of H-pyrrole nitrogens is 1. The Morgan fingerprint density at radius 3 is 3.15 bits per heavy atom. The third-order valence-electron chi connectivity index (χ3n) is 2.69. The van der Waals surface area contributed by atoms with Crippen LogP contribution < -0.4 is 0 Å². The van der Waals surface area contributed by atoms with Crippen molar-refractivity contribution in [1.29, 1.82) is 0 Å². The first-order valence-corrected chi connectivity index (χ1v) is 5.00. The van der Waals surface area contributed by atoms with E-state index >= 15 is 0 Å². The average molecular weight is 180 g/mol. The number of nitrogens with zero attached hydrogens (tertiary/aromatic N) is 1. The van der Waals surface area contributed by atoms with E-state index < -0.39 is 0 Å². The molecule has 3 nitrogen and oxygen atoms in total. The van der Waals surface area contributed by atoms with E-state index in [1.165, 1.54) is 29.8 Å². The Kier molecular flexibility index (Phi) is 2.36. The fourth-order valence-corrected chi connectivity index (χ4v) is 1.94. The van der Waals surface area contributed by atoms with Crippen LogP contribution in [0.4, 0.5) is 0 Å². The molecule has 3 heteroatoms. The molecule has 2 rings (SSSR count). The van der Waals surface area contributed by atoms with Crippen molar-refractivity contribution in [3.8, 4) is 0 Å². The van der Waals surface area contributed by atoms with Gasteiger partial charge in [0, 0.05) is 5.69 Å². The number of hydrogen-bond acceptors (Lipinski definition) is 2. The Bertz CT molecular complexity index is 291. The molecule has 1 aliphatic carbocycles. The van der Waals surface area contributed by atoms with Gasteiger partial charge in [0.2, 0.25) is 0 Å². The van der Waals surface area contributed by atoms with Gasteiger partial charge in [-0.3, -0.25) is 5.10 Å². The van der Waals surface area contributed by atoms with Crippen molar-refractivity contribution in [1.82, 2.24) is 10.2 Å². The first-order valence-electron chi connectivity index (χ1n) is 5.00. The van der Waals surface area contributed by atoms with Crippen molar-refractivity contribution in [2.24, 2.45) is 0 Å². The lowest BCUT2D eigenvalue weighted by atomic mass is 10.1. The summed E-state index contributed by atoms with van der Waals surface area (Å²) in [5, 5.41) is 16.5. The summed E-state index contributed by atoms with van der Waals surface area (Å²) in [6, 6.07) is 0. The number of nitrogens with one attached hydrogen (secondary N) is 1. The predicted octanol–water partition coefficient (Wildman–Crippen LogP) is 1.21. The predicted molar refractivity (Wildman–Crippen MR) is 50.6 cm³/mol. The minimum Gasteiger partial charge on any atom is -0.393 e. The van der Waals surface area contributed by atoms with Gasteiger partial charge in [-0.2, -0.15) is 5.10 Å². The number of aliphatic hydroxyl groups is 1. The highest BCUT2D eigenvalue weighted by Crippen LogP contribution is 2.23. The number of fused-ring (bicyclic) bond motifs is 1. The van der Waals surface area contributed by atoms with Gasteiger partial charge in [-0.1, -0.05) is 0 Å². The standard InChI is InChI=1S/C10H16N2O/c1-7(13)5-6-10-8-3-2-4-9(8)11-12-10/h7,13H,2-6H2,1H3,(H,11,12)/t7-/m0/s1. The van der Waals surface area contributed by atoms with E-state index in [0.717, 1.165) is 19.3 Å². The van der Waals surface area contributed by atoms with E-state index in [0.29, 0.717) is 0 Å². The minimum absolute atomic E-state index is 0.214. The fourth-order valence-electron chi connectivity index (χ4n) is 1.94. The van der Waals surface area contributed by atoms with Crippen LogP contribution in [0.1, 0.15) is 36.7 Å². The molecule has 1 atom stereocenters. The summed E-state index contributed by atoms with van der Waals surface area (Å²) in [5.74, 6) is 0. The molecule has 0 spiro atoms.